The summed E-state index contributed by atoms with van der Waals surface area (Å²) >= 11 is 12.0. The van der Waals surface area contributed by atoms with Crippen LogP contribution in [0.4, 0.5) is 4.39 Å². The van der Waals surface area contributed by atoms with E-state index in [1.165, 1.54) is 12.1 Å². The molecule has 110 valence electrons. The van der Waals surface area contributed by atoms with Gasteiger partial charge in [0.2, 0.25) is 5.89 Å². The molecule has 21 heavy (non-hydrogen) atoms. The van der Waals surface area contributed by atoms with Crippen LogP contribution in [0.2, 0.25) is 5.02 Å². The molecule has 0 bridgehead atoms. The van der Waals surface area contributed by atoms with E-state index in [0.29, 0.717) is 35.1 Å². The summed E-state index contributed by atoms with van der Waals surface area (Å²) in [7, 11) is 0. The lowest BCUT2D eigenvalue weighted by Gasteiger charge is -2.08. The second-order valence-electron chi connectivity index (χ2n) is 4.79. The largest absolute Gasteiger partial charge is 0.444 e. The third kappa shape index (κ3) is 2.63. The Kier molecular flexibility index (Phi) is 3.63. The van der Waals surface area contributed by atoms with Crippen LogP contribution < -0.4 is 0 Å². The van der Waals surface area contributed by atoms with Gasteiger partial charge in [-0.1, -0.05) is 11.6 Å². The number of oxazole rings is 1. The Labute approximate surface area is 130 Å². The first-order valence-corrected chi connectivity index (χ1v) is 7.17. The molecule has 1 atom stereocenters. The number of alkyl halides is 1. The first kappa shape index (κ1) is 14.4. The highest BCUT2D eigenvalue weighted by atomic mass is 35.5. The van der Waals surface area contributed by atoms with Crippen molar-refractivity contribution < 1.29 is 8.81 Å². The third-order valence-electron chi connectivity index (χ3n) is 3.14. The van der Waals surface area contributed by atoms with Crippen LogP contribution in [0, 0.1) is 12.7 Å². The van der Waals surface area contributed by atoms with Crippen molar-refractivity contribution in [3.63, 3.8) is 0 Å². The summed E-state index contributed by atoms with van der Waals surface area (Å²) in [4.78, 5) is 8.59. The smallest absolute Gasteiger partial charge is 0.214 e. The van der Waals surface area contributed by atoms with Gasteiger partial charge in [-0.3, -0.25) is 0 Å². The van der Waals surface area contributed by atoms with Gasteiger partial charge in [-0.25, -0.2) is 14.4 Å². The average Bonchev–Trinajstić information content (AvgIpc) is 2.96. The average molecular weight is 328 g/mol. The van der Waals surface area contributed by atoms with Gasteiger partial charge in [0.25, 0.3) is 0 Å². The minimum atomic E-state index is -0.498. The molecular formula is C14H12Cl2FN3O. The molecule has 0 aliphatic rings. The minimum Gasteiger partial charge on any atom is -0.444 e. The monoisotopic (exact) mass is 327 g/mol. The van der Waals surface area contributed by atoms with E-state index in [1.807, 2.05) is 6.92 Å². The Morgan fingerprint density at radius 1 is 1.43 bits per heavy atom. The zero-order chi connectivity index (χ0) is 15.1. The predicted molar refractivity (Wildman–Crippen MR) is 79.3 cm³/mol. The SMILES string of the molecule is Cc1cnc(Cn2c(C(C)Cl)nc3cc(Cl)c(F)cc32)o1. The van der Waals surface area contributed by atoms with Crippen LogP contribution >= 0.6 is 23.2 Å². The maximum Gasteiger partial charge on any atom is 0.214 e. The standard InChI is InChI=1S/C14H12Cl2FN3O/c1-7-5-18-13(21-7)6-20-12-4-10(17)9(16)3-11(12)19-14(20)8(2)15/h3-5,8H,6H2,1-2H3. The van der Waals surface area contributed by atoms with E-state index in [2.05, 4.69) is 9.97 Å². The number of hydrogen-bond acceptors (Lipinski definition) is 3. The summed E-state index contributed by atoms with van der Waals surface area (Å²) in [5.74, 6) is 1.34. The lowest BCUT2D eigenvalue weighted by Crippen LogP contribution is -2.06. The number of imidazole rings is 1. The van der Waals surface area contributed by atoms with Crippen molar-refractivity contribution in [2.45, 2.75) is 25.8 Å². The molecule has 0 N–H and O–H groups in total. The van der Waals surface area contributed by atoms with Crippen molar-refractivity contribution in [1.29, 1.82) is 0 Å². The Morgan fingerprint density at radius 2 is 2.19 bits per heavy atom. The highest BCUT2D eigenvalue weighted by Crippen LogP contribution is 2.28. The molecule has 7 heteroatoms. The number of halogens is 3. The van der Waals surface area contributed by atoms with Crippen LogP contribution in [0.3, 0.4) is 0 Å². The van der Waals surface area contributed by atoms with Crippen molar-refractivity contribution in [2.75, 3.05) is 0 Å². The number of hydrogen-bond donors (Lipinski definition) is 0. The van der Waals surface area contributed by atoms with E-state index >= 15 is 0 Å². The molecule has 2 heterocycles. The normalized spacial score (nSPS) is 13.0. The summed E-state index contributed by atoms with van der Waals surface area (Å²) in [6.45, 7) is 3.95. The van der Waals surface area contributed by atoms with E-state index in [4.69, 9.17) is 27.6 Å². The molecular weight excluding hydrogens is 316 g/mol. The lowest BCUT2D eigenvalue weighted by atomic mass is 10.3. The molecule has 0 aliphatic heterocycles. The van der Waals surface area contributed by atoms with Gasteiger partial charge in [-0.05, 0) is 19.9 Å². The van der Waals surface area contributed by atoms with Crippen molar-refractivity contribution in [3.8, 4) is 0 Å². The first-order chi connectivity index (χ1) is 9.95. The van der Waals surface area contributed by atoms with Crippen molar-refractivity contribution in [3.05, 3.63) is 46.6 Å². The summed E-state index contributed by atoms with van der Waals surface area (Å²) in [5, 5.41) is -0.303. The Bertz CT molecular complexity index is 810. The third-order valence-corrected chi connectivity index (χ3v) is 3.62. The van der Waals surface area contributed by atoms with Crippen LogP contribution in [0.5, 0.6) is 0 Å². The molecule has 3 aromatic rings. The van der Waals surface area contributed by atoms with Crippen LogP contribution in [-0.4, -0.2) is 14.5 Å². The second-order valence-corrected chi connectivity index (χ2v) is 5.85. The van der Waals surface area contributed by atoms with Gasteiger partial charge in [-0.15, -0.1) is 11.6 Å². The zero-order valence-corrected chi connectivity index (χ0v) is 12.9. The summed E-state index contributed by atoms with van der Waals surface area (Å²) in [5.41, 5.74) is 1.20. The number of fused-ring (bicyclic) bond motifs is 1. The summed E-state index contributed by atoms with van der Waals surface area (Å²) in [6.07, 6.45) is 1.63. The Hall–Kier alpha value is -1.59. The molecule has 0 fully saturated rings. The molecule has 0 saturated heterocycles. The van der Waals surface area contributed by atoms with Gasteiger partial charge >= 0.3 is 0 Å². The Morgan fingerprint density at radius 3 is 2.81 bits per heavy atom. The first-order valence-electron chi connectivity index (χ1n) is 6.36. The number of benzene rings is 1. The van der Waals surface area contributed by atoms with E-state index in [9.17, 15) is 4.39 Å². The fourth-order valence-electron chi connectivity index (χ4n) is 2.22. The minimum absolute atomic E-state index is 0.0351. The van der Waals surface area contributed by atoms with Crippen LogP contribution in [0.1, 0.15) is 29.8 Å². The van der Waals surface area contributed by atoms with E-state index in [0.717, 1.165) is 0 Å². The number of nitrogens with zero attached hydrogens (tertiary/aromatic N) is 3. The molecule has 0 aliphatic carbocycles. The highest BCUT2D eigenvalue weighted by Gasteiger charge is 2.18. The van der Waals surface area contributed by atoms with Gasteiger partial charge in [-0.2, -0.15) is 0 Å². The van der Waals surface area contributed by atoms with Crippen molar-refractivity contribution in [1.82, 2.24) is 14.5 Å². The second kappa shape index (κ2) is 5.31. The molecule has 0 spiro atoms. The summed E-state index contributed by atoms with van der Waals surface area (Å²) in [6, 6.07) is 2.84. The van der Waals surface area contributed by atoms with Crippen molar-refractivity contribution >= 4 is 34.2 Å². The topological polar surface area (TPSA) is 43.9 Å². The number of aryl methyl sites for hydroxylation is 1. The van der Waals surface area contributed by atoms with Crippen LogP contribution in [0.15, 0.2) is 22.7 Å². The quantitative estimate of drug-likeness (QED) is 0.666. The predicted octanol–water partition coefficient (Wildman–Crippen LogP) is 4.47. The maximum atomic E-state index is 13.7. The number of aromatic nitrogens is 3. The molecule has 2 aromatic heterocycles. The fourth-order valence-corrected chi connectivity index (χ4v) is 2.54. The molecule has 0 radical (unpaired) electrons. The van der Waals surface area contributed by atoms with Gasteiger partial charge < -0.3 is 8.98 Å². The molecule has 1 unspecified atom stereocenters. The maximum absolute atomic E-state index is 13.7. The van der Waals surface area contributed by atoms with E-state index in [1.54, 1.807) is 17.7 Å². The molecule has 0 amide bonds. The molecule has 3 rings (SSSR count). The lowest BCUT2D eigenvalue weighted by molar-refractivity contribution is 0.456. The molecule has 1 aromatic carbocycles. The van der Waals surface area contributed by atoms with E-state index < -0.39 is 5.82 Å². The fraction of sp³-hybridized carbons (Fsp3) is 0.286. The zero-order valence-electron chi connectivity index (χ0n) is 11.4. The Balaban J connectivity index is 2.17. The van der Waals surface area contributed by atoms with Gasteiger partial charge in [0.05, 0.1) is 27.6 Å². The van der Waals surface area contributed by atoms with Gasteiger partial charge in [0.1, 0.15) is 23.9 Å². The summed E-state index contributed by atoms with van der Waals surface area (Å²) < 4.78 is 21.0. The van der Waals surface area contributed by atoms with E-state index in [-0.39, 0.29) is 10.4 Å². The van der Waals surface area contributed by atoms with Gasteiger partial charge in [0.15, 0.2) is 0 Å². The van der Waals surface area contributed by atoms with Gasteiger partial charge in [0, 0.05) is 6.07 Å². The number of rotatable bonds is 3. The van der Waals surface area contributed by atoms with Crippen molar-refractivity contribution in [2.24, 2.45) is 0 Å². The van der Waals surface area contributed by atoms with Crippen LogP contribution in [0.25, 0.3) is 11.0 Å². The molecule has 4 nitrogen and oxygen atoms in total. The van der Waals surface area contributed by atoms with Crippen LogP contribution in [-0.2, 0) is 6.54 Å². The highest BCUT2D eigenvalue weighted by molar-refractivity contribution is 6.31. The molecule has 0 saturated carbocycles.